The van der Waals surface area contributed by atoms with Crippen LogP contribution in [0.1, 0.15) is 18.2 Å². The Bertz CT molecular complexity index is 529. The van der Waals surface area contributed by atoms with E-state index in [9.17, 15) is 0 Å². The quantitative estimate of drug-likeness (QED) is 0.654. The molecule has 1 nitrogen and oxygen atoms in total. The molecule has 0 spiro atoms. The maximum atomic E-state index is 5.65. The van der Waals surface area contributed by atoms with Crippen molar-refractivity contribution < 1.29 is 4.42 Å². The van der Waals surface area contributed by atoms with E-state index in [1.165, 1.54) is 0 Å². The minimum Gasteiger partial charge on any atom is -0.461 e. The number of rotatable bonds is 2. The van der Waals surface area contributed by atoms with Crippen molar-refractivity contribution in [2.45, 2.75) is 13.8 Å². The molecule has 0 bridgehead atoms. The standard InChI is InChI=1S/C14H14O/c1-10(2)8-9-12-11(3)15-14-7-5-4-6-13(12)14/h4-9H,1H2,2-3H3/b9-8-. The molecule has 1 aromatic heterocycles. The monoisotopic (exact) mass is 198 g/mol. The van der Waals surface area contributed by atoms with Crippen molar-refractivity contribution in [3.8, 4) is 0 Å². The zero-order valence-electron chi connectivity index (χ0n) is 9.08. The highest BCUT2D eigenvalue weighted by atomic mass is 16.3. The zero-order chi connectivity index (χ0) is 10.8. The third kappa shape index (κ3) is 1.86. The van der Waals surface area contributed by atoms with Crippen molar-refractivity contribution in [3.05, 3.63) is 53.8 Å². The lowest BCUT2D eigenvalue weighted by atomic mass is 10.1. The number of aryl methyl sites for hydroxylation is 1. The molecule has 0 aliphatic carbocycles. The highest BCUT2D eigenvalue weighted by molar-refractivity contribution is 5.88. The van der Waals surface area contributed by atoms with Crippen LogP contribution in [0.15, 0.2) is 46.9 Å². The van der Waals surface area contributed by atoms with Crippen molar-refractivity contribution in [1.29, 1.82) is 0 Å². The van der Waals surface area contributed by atoms with Gasteiger partial charge in [0.25, 0.3) is 0 Å². The summed E-state index contributed by atoms with van der Waals surface area (Å²) in [4.78, 5) is 0. The van der Waals surface area contributed by atoms with Crippen molar-refractivity contribution in [3.63, 3.8) is 0 Å². The van der Waals surface area contributed by atoms with E-state index < -0.39 is 0 Å². The lowest BCUT2D eigenvalue weighted by molar-refractivity contribution is 0.577. The Morgan fingerprint density at radius 3 is 2.80 bits per heavy atom. The smallest absolute Gasteiger partial charge is 0.134 e. The van der Waals surface area contributed by atoms with Crippen LogP contribution in [0.25, 0.3) is 17.0 Å². The molecule has 0 amide bonds. The maximum Gasteiger partial charge on any atom is 0.134 e. The summed E-state index contributed by atoms with van der Waals surface area (Å²) < 4.78 is 5.65. The molecule has 0 saturated carbocycles. The minimum atomic E-state index is 0.941. The Labute approximate surface area is 89.7 Å². The van der Waals surface area contributed by atoms with E-state index in [2.05, 4.69) is 18.7 Å². The van der Waals surface area contributed by atoms with Gasteiger partial charge in [-0.3, -0.25) is 0 Å². The van der Waals surface area contributed by atoms with Gasteiger partial charge in [-0.1, -0.05) is 42.5 Å². The predicted molar refractivity (Wildman–Crippen MR) is 64.8 cm³/mol. The highest BCUT2D eigenvalue weighted by Crippen LogP contribution is 2.26. The van der Waals surface area contributed by atoms with Crippen molar-refractivity contribution in [2.24, 2.45) is 0 Å². The molecular formula is C14H14O. The van der Waals surface area contributed by atoms with Gasteiger partial charge < -0.3 is 4.42 Å². The van der Waals surface area contributed by atoms with Gasteiger partial charge in [-0.15, -0.1) is 0 Å². The van der Waals surface area contributed by atoms with Crippen molar-refractivity contribution >= 4 is 17.0 Å². The number of hydrogen-bond acceptors (Lipinski definition) is 1. The van der Waals surface area contributed by atoms with Crippen LogP contribution in [0, 0.1) is 6.92 Å². The molecule has 0 saturated heterocycles. The summed E-state index contributed by atoms with van der Waals surface area (Å²) in [7, 11) is 0. The molecule has 0 aliphatic heterocycles. The molecule has 0 radical (unpaired) electrons. The lowest BCUT2D eigenvalue weighted by Gasteiger charge is -1.91. The molecule has 1 heterocycles. The summed E-state index contributed by atoms with van der Waals surface area (Å²) in [5.74, 6) is 0.953. The Balaban J connectivity index is 2.59. The summed E-state index contributed by atoms with van der Waals surface area (Å²) in [5.41, 5.74) is 3.13. The number of furan rings is 1. The first kappa shape index (κ1) is 9.78. The Hall–Kier alpha value is -1.76. The van der Waals surface area contributed by atoms with Crippen LogP contribution in [0.2, 0.25) is 0 Å². The molecule has 0 N–H and O–H groups in total. The fraction of sp³-hybridized carbons (Fsp3) is 0.143. The van der Waals surface area contributed by atoms with Crippen LogP contribution < -0.4 is 0 Å². The first-order chi connectivity index (χ1) is 7.18. The van der Waals surface area contributed by atoms with Gasteiger partial charge in [0, 0.05) is 10.9 Å². The molecule has 2 rings (SSSR count). The molecular weight excluding hydrogens is 184 g/mol. The summed E-state index contributed by atoms with van der Waals surface area (Å²) in [5, 5.41) is 1.16. The van der Waals surface area contributed by atoms with Gasteiger partial charge in [-0.05, 0) is 19.9 Å². The van der Waals surface area contributed by atoms with Gasteiger partial charge in [-0.2, -0.15) is 0 Å². The van der Waals surface area contributed by atoms with Crippen LogP contribution in [-0.4, -0.2) is 0 Å². The van der Waals surface area contributed by atoms with E-state index in [1.807, 2.05) is 38.1 Å². The van der Waals surface area contributed by atoms with Gasteiger partial charge in [0.05, 0.1) is 0 Å². The average molecular weight is 198 g/mol. The van der Waals surface area contributed by atoms with Crippen LogP contribution in [0.4, 0.5) is 0 Å². The SMILES string of the molecule is C=C(C)/C=C\c1c(C)oc2ccccc12. The third-order valence-electron chi connectivity index (χ3n) is 2.35. The van der Waals surface area contributed by atoms with Crippen molar-refractivity contribution in [1.82, 2.24) is 0 Å². The van der Waals surface area contributed by atoms with E-state index in [4.69, 9.17) is 4.42 Å². The minimum absolute atomic E-state index is 0.941. The van der Waals surface area contributed by atoms with E-state index in [0.29, 0.717) is 0 Å². The number of para-hydroxylation sites is 1. The van der Waals surface area contributed by atoms with Crippen LogP contribution >= 0.6 is 0 Å². The second-order valence-electron chi connectivity index (χ2n) is 3.75. The first-order valence-electron chi connectivity index (χ1n) is 5.00. The normalized spacial score (nSPS) is 11.3. The van der Waals surface area contributed by atoms with Crippen molar-refractivity contribution in [2.75, 3.05) is 0 Å². The van der Waals surface area contributed by atoms with E-state index in [-0.39, 0.29) is 0 Å². The van der Waals surface area contributed by atoms with Gasteiger partial charge in [-0.25, -0.2) is 0 Å². The Morgan fingerprint density at radius 1 is 1.33 bits per heavy atom. The number of benzene rings is 1. The molecule has 0 unspecified atom stereocenters. The van der Waals surface area contributed by atoms with Gasteiger partial charge in [0.1, 0.15) is 11.3 Å². The molecule has 2 aromatic rings. The number of allylic oxidation sites excluding steroid dienone is 2. The largest absolute Gasteiger partial charge is 0.461 e. The molecule has 0 aliphatic rings. The molecule has 76 valence electrons. The Morgan fingerprint density at radius 2 is 2.07 bits per heavy atom. The van der Waals surface area contributed by atoms with E-state index in [1.54, 1.807) is 0 Å². The summed E-state index contributed by atoms with van der Waals surface area (Å²) >= 11 is 0. The summed E-state index contributed by atoms with van der Waals surface area (Å²) in [6.07, 6.45) is 4.06. The molecule has 1 heteroatoms. The summed E-state index contributed by atoms with van der Waals surface area (Å²) in [6.45, 7) is 7.81. The fourth-order valence-electron chi connectivity index (χ4n) is 1.62. The average Bonchev–Trinajstić information content (AvgIpc) is 2.50. The van der Waals surface area contributed by atoms with Crippen LogP contribution in [-0.2, 0) is 0 Å². The molecule has 15 heavy (non-hydrogen) atoms. The van der Waals surface area contributed by atoms with Gasteiger partial charge in [0.15, 0.2) is 0 Å². The second-order valence-corrected chi connectivity index (χ2v) is 3.75. The summed E-state index contributed by atoms with van der Waals surface area (Å²) in [6, 6.07) is 8.07. The second kappa shape index (κ2) is 3.77. The topological polar surface area (TPSA) is 13.1 Å². The molecule has 0 fully saturated rings. The van der Waals surface area contributed by atoms with Gasteiger partial charge in [0.2, 0.25) is 0 Å². The Kier molecular flexibility index (Phi) is 2.46. The number of fused-ring (bicyclic) bond motifs is 1. The molecule has 1 aromatic carbocycles. The van der Waals surface area contributed by atoms with Gasteiger partial charge >= 0.3 is 0 Å². The predicted octanol–water partition coefficient (Wildman–Crippen LogP) is 4.33. The maximum absolute atomic E-state index is 5.65. The number of hydrogen-bond donors (Lipinski definition) is 0. The zero-order valence-corrected chi connectivity index (χ0v) is 9.08. The van der Waals surface area contributed by atoms with Crippen LogP contribution in [0.3, 0.4) is 0 Å². The third-order valence-corrected chi connectivity index (χ3v) is 2.35. The van der Waals surface area contributed by atoms with E-state index in [0.717, 1.165) is 27.9 Å². The van der Waals surface area contributed by atoms with Crippen LogP contribution in [0.5, 0.6) is 0 Å². The highest BCUT2D eigenvalue weighted by Gasteiger charge is 2.06. The first-order valence-corrected chi connectivity index (χ1v) is 5.00. The lowest BCUT2D eigenvalue weighted by Crippen LogP contribution is -1.72. The fourth-order valence-corrected chi connectivity index (χ4v) is 1.62. The van der Waals surface area contributed by atoms with E-state index >= 15 is 0 Å². The molecule has 0 atom stereocenters.